The molecule has 8 aromatic heterocycles. The van der Waals surface area contributed by atoms with Gasteiger partial charge in [0.15, 0.2) is 85.4 Å². The topological polar surface area (TPSA) is 804 Å². The molecule has 4 aliphatic carbocycles. The summed E-state index contributed by atoms with van der Waals surface area (Å²) in [6.45, 7) is 0.639. The first kappa shape index (κ1) is 113. The smallest absolute Gasteiger partial charge is 0.359 e. The quantitative estimate of drug-likeness (QED) is 0.0152. The van der Waals surface area contributed by atoms with Crippen LogP contribution in [-0.2, 0) is 77.4 Å². The van der Waals surface area contributed by atoms with Crippen LogP contribution in [-0.4, -0.2) is 356 Å². The maximum Gasteiger partial charge on any atom is 0.359 e. The number of rotatable bonds is 36. The number of hydrogen-bond donors (Lipinski definition) is 24. The van der Waals surface area contributed by atoms with Crippen LogP contribution in [0, 0.1) is 0 Å². The van der Waals surface area contributed by atoms with Crippen molar-refractivity contribution >= 4 is 160 Å². The van der Waals surface area contributed by atoms with Gasteiger partial charge in [0, 0.05) is 43.2 Å². The Morgan fingerprint density at radius 3 is 1.23 bits per heavy atom. The molecule has 7 fully saturated rings. The number of nitrogens with zero attached hydrogens (tertiary/aromatic N) is 16. The zero-order valence-corrected chi connectivity index (χ0v) is 85.4. The number of aromatic nitrogens is 16. The number of carbonyl (C=O) groups is 1. The number of amides is 1. The van der Waals surface area contributed by atoms with Crippen molar-refractivity contribution in [2.24, 2.45) is 0 Å². The second-order valence-electron chi connectivity index (χ2n) is 36.8. The van der Waals surface area contributed by atoms with Gasteiger partial charge in [0.25, 0.3) is 0 Å². The van der Waals surface area contributed by atoms with Crippen LogP contribution >= 0.6 is 76.8 Å². The van der Waals surface area contributed by atoms with Gasteiger partial charge in [-0.05, 0) is 101 Å². The molecule has 144 heavy (non-hydrogen) atoms. The molecule has 5 unspecified atom stereocenters. The van der Waals surface area contributed by atoms with E-state index >= 15 is 0 Å². The van der Waals surface area contributed by atoms with Gasteiger partial charge in [-0.3, -0.25) is 23.1 Å². The average Bonchev–Trinajstić information content (AvgIpc) is 1.66. The molecule has 21 atom stereocenters. The Morgan fingerprint density at radius 1 is 0.479 bits per heavy atom. The highest BCUT2D eigenvalue weighted by Crippen LogP contribution is 2.56. The van der Waals surface area contributed by atoms with Crippen molar-refractivity contribution in [2.75, 3.05) is 80.3 Å². The molecule has 0 radical (unpaired) electrons. The van der Waals surface area contributed by atoms with E-state index in [0.29, 0.717) is 44.8 Å². The van der Waals surface area contributed by atoms with Crippen LogP contribution in [0.4, 0.5) is 22.9 Å². The number of halogens is 4. The molecule has 3 saturated carbocycles. The first-order valence-electron chi connectivity index (χ1n) is 45.7. The maximum absolute atomic E-state index is 12.0. The summed E-state index contributed by atoms with van der Waals surface area (Å²) in [5, 5.41) is 141. The fraction of sp³-hybridized carbons (Fsp3) is 0.662. The van der Waals surface area contributed by atoms with E-state index in [9.17, 15) is 122 Å². The number of benzene rings is 1. The van der Waals surface area contributed by atoms with Crippen molar-refractivity contribution < 1.29 is 160 Å². The lowest BCUT2D eigenvalue weighted by atomic mass is 10.1. The van der Waals surface area contributed by atoms with Crippen LogP contribution in [0.15, 0.2) is 48.7 Å². The second-order valence-corrected chi connectivity index (χ2v) is 48.2. The Bertz CT molecular complexity index is 6340. The Labute approximate surface area is 840 Å². The monoisotopic (exact) mass is 2210 g/mol. The van der Waals surface area contributed by atoms with Crippen LogP contribution in [0.25, 0.3) is 44.5 Å². The Hall–Kier alpha value is -6.96. The number of pyridine rings is 3. The van der Waals surface area contributed by atoms with E-state index in [1.54, 1.807) is 18.2 Å². The van der Waals surface area contributed by atoms with Crippen molar-refractivity contribution in [1.29, 1.82) is 0 Å². The number of sulfonamides is 1. The molecule has 4 aliphatic heterocycles. The van der Waals surface area contributed by atoms with Crippen LogP contribution in [0.5, 0.6) is 0 Å². The standard InChI is InChI=1S/C22H27ClN5O8P.C20H30ClN6O8P.C19H30ClN6O9PS.C19H29ClN5O8P/c1-22(10-29,37(32,33)34)35-9-15-18(30)19(31)21(36-15)28-20-17(26-27-28)14(8-16(23)25-20)24-13-7-6-11-4-2-3-5-12(11)13;1-10(28)22-9-20(2,36(31,32)33)34-8-13-16(29)17(30)19(35-13)27-18-15(25-26-27)12(7-14(21)24-18)23-11-5-3-4-6-11;1-19(36(29,30)31,9-21-37(2,32)33)34-8-12-15(27)16(28)18(35-12)26-17-14(24-25-26)11(7-13(20)23-17)22-10-5-3-4-6-10;1-2-19(9-26,34(29,30)31)32-8-12-13(27)14(28)17(33-12)25-16-11(7-21-25)15(23-18(20)24-16)22-10-5-3-4-6-10/h2-5,8,13,15,18-19,21,29-31H,6-7,9-10H2,1H3,(H,24,25)(H2,32,33,34);7,11,13,16-17,19,29-30H,3-6,8-9H2,1-2H3,(H,22,28)(H,23,24)(H2,31,32,33);7,10,12,15-16,18,21,27-28H,3-6,8-9H2,1-2H3,(H,22,23)(H2,29,30,31);7,10,12-14,17,26-28H,2-6,8-9H2,1H3,(H,22,23,24)(H2,29,30,31)/t13?,15-,18-,19-,21-,22?;13-,16-,17-,19-,20?;12-,15-,16-,18-,19?;12-,13-,14-,17-,19?/m1111/s1. The van der Waals surface area contributed by atoms with Crippen molar-refractivity contribution in [3.63, 3.8) is 0 Å². The van der Waals surface area contributed by atoms with Crippen molar-refractivity contribution in [1.82, 2.24) is 89.7 Å². The molecule has 64 heteroatoms. The van der Waals surface area contributed by atoms with Crippen LogP contribution in [0.2, 0.25) is 20.7 Å². The molecule has 4 saturated heterocycles. The molecule has 0 bridgehead atoms. The van der Waals surface area contributed by atoms with Crippen molar-refractivity contribution in [3.05, 3.63) is 80.5 Å². The third-order valence-corrected chi connectivity index (χ3v) is 34.1. The Balaban J connectivity index is 0.000000152. The molecular weight excluding hydrogens is 2090 g/mol. The highest BCUT2D eigenvalue weighted by atomic mass is 35.5. The number of fused-ring (bicyclic) bond motifs is 5. The van der Waals surface area contributed by atoms with Gasteiger partial charge in [0.2, 0.25) is 21.2 Å². The SMILES string of the molecule is CC(=O)NCC(C)(OC[C@H]1O[C@@H](n2nnc3c(NC4CCCC4)cc(Cl)nc32)[C@H](O)[C@@H]1O)P(=O)(O)O.CC(CNS(C)(=O)=O)(OC[C@H]1O[C@@H](n2nnc3c(NC4CCCC4)cc(Cl)nc32)[C@H](O)[C@@H]1O)P(=O)(O)O.CC(CO)(OC[C@H]1O[C@@H](n2nnc3c(NC4CCc5ccccc54)cc(Cl)nc32)[C@H](O)[C@@H]1O)P(=O)(O)O.CCC(CO)(OC[C@H]1O[C@@H](n2ncc3c(NC4CCCC4)nc(Cl)nc32)[C@H](O)[C@@H]1O)P(=O)(O)O. The number of aliphatic hydroxyl groups excluding tert-OH is 10. The summed E-state index contributed by atoms with van der Waals surface area (Å²) >= 11 is 24.9. The summed E-state index contributed by atoms with van der Waals surface area (Å²) < 4.78 is 122. The van der Waals surface area contributed by atoms with Gasteiger partial charge in [-0.2, -0.15) is 29.1 Å². The second kappa shape index (κ2) is 45.7. The van der Waals surface area contributed by atoms with Gasteiger partial charge < -0.3 is 155 Å². The van der Waals surface area contributed by atoms with Gasteiger partial charge in [0.05, 0.1) is 93.7 Å². The molecule has 1 aromatic carbocycles. The van der Waals surface area contributed by atoms with Gasteiger partial charge >= 0.3 is 30.4 Å². The van der Waals surface area contributed by atoms with Gasteiger partial charge in [0.1, 0.15) is 94.5 Å². The summed E-state index contributed by atoms with van der Waals surface area (Å²) in [5.74, 6) is 0.00955. The number of nitrogens with one attached hydrogen (secondary N) is 6. The van der Waals surface area contributed by atoms with Gasteiger partial charge in [-0.15, -0.1) is 15.3 Å². The van der Waals surface area contributed by atoms with Crippen LogP contribution in [0.1, 0.15) is 167 Å². The highest BCUT2D eigenvalue weighted by Gasteiger charge is 2.56. The minimum atomic E-state index is -4.99. The Morgan fingerprint density at radius 2 is 0.854 bits per heavy atom. The summed E-state index contributed by atoms with van der Waals surface area (Å²) in [6.07, 6.45) is -4.83. The maximum atomic E-state index is 12.0. The summed E-state index contributed by atoms with van der Waals surface area (Å²) in [7, 11) is -23.3. The summed E-state index contributed by atoms with van der Waals surface area (Å²) in [6, 6.07) is 13.9. The molecule has 0 spiro atoms. The van der Waals surface area contributed by atoms with Crippen molar-refractivity contribution in [3.8, 4) is 0 Å². The molecule has 24 N–H and O–H groups in total. The predicted molar refractivity (Wildman–Crippen MR) is 510 cm³/mol. The molecule has 55 nitrogen and oxygen atoms in total. The van der Waals surface area contributed by atoms with Crippen molar-refractivity contribution in [2.45, 2.75) is 275 Å². The van der Waals surface area contributed by atoms with E-state index in [0.717, 1.165) is 117 Å². The fourth-order valence-corrected chi connectivity index (χ4v) is 21.3. The average molecular weight is 2210 g/mol. The van der Waals surface area contributed by atoms with E-state index in [2.05, 4.69) is 99.7 Å². The zero-order chi connectivity index (χ0) is 105. The van der Waals surface area contributed by atoms with Gasteiger partial charge in [-0.1, -0.05) is 120 Å². The zero-order valence-electron chi connectivity index (χ0n) is 78.0. The van der Waals surface area contributed by atoms with E-state index in [1.807, 2.05) is 16.9 Å². The molecule has 1 amide bonds. The third kappa shape index (κ3) is 24.9. The summed E-state index contributed by atoms with van der Waals surface area (Å²) in [5.41, 5.74) is 6.41. The van der Waals surface area contributed by atoms with Gasteiger partial charge in [-0.25, -0.2) is 32.8 Å². The third-order valence-electron chi connectivity index (χ3n) is 26.5. The largest absolute Gasteiger partial charge is 0.393 e. The highest BCUT2D eigenvalue weighted by molar-refractivity contribution is 7.88. The van der Waals surface area contributed by atoms with E-state index < -0.39 is 219 Å². The molecule has 12 heterocycles. The number of hydrogen-bond acceptors (Lipinski definition) is 41. The van der Waals surface area contributed by atoms with Crippen LogP contribution < -0.4 is 31.3 Å². The van der Waals surface area contributed by atoms with Crippen LogP contribution in [0.3, 0.4) is 0 Å². The fourth-order valence-electron chi connectivity index (χ4n) is 17.6. The minimum absolute atomic E-state index is 0.0278. The molecule has 17 rings (SSSR count). The molecule has 9 aromatic rings. The lowest BCUT2D eigenvalue weighted by molar-refractivity contribution is -0.121. The Kier molecular flexibility index (Phi) is 35.7. The molecular formula is C80H116Cl4N22O33P4S. The van der Waals surface area contributed by atoms with E-state index in [-0.39, 0.29) is 73.9 Å². The van der Waals surface area contributed by atoms with E-state index in [1.165, 1.54) is 49.9 Å². The number of aryl methyl sites for hydroxylation is 1. The first-order valence-corrected chi connectivity index (χ1v) is 55.6. The lowest BCUT2D eigenvalue weighted by Gasteiger charge is -2.32. The minimum Gasteiger partial charge on any atom is -0.393 e. The first-order chi connectivity index (χ1) is 67.7. The number of ether oxygens (including phenoxy) is 8. The number of carbonyl (C=O) groups excluding carboxylic acids is 1. The molecule has 798 valence electrons. The van der Waals surface area contributed by atoms with E-state index in [4.69, 9.17) is 84.3 Å². The summed E-state index contributed by atoms with van der Waals surface area (Å²) in [4.78, 5) is 110. The number of anilines is 4. The number of aliphatic hydroxyl groups is 10. The molecule has 8 aliphatic rings. The normalized spacial score (nSPS) is 27.3. The lowest BCUT2D eigenvalue weighted by Crippen LogP contribution is -2.45. The predicted octanol–water partition coefficient (Wildman–Crippen LogP) is 2.26.